The van der Waals surface area contributed by atoms with Crippen molar-refractivity contribution in [2.24, 2.45) is 5.10 Å². The van der Waals surface area contributed by atoms with Crippen LogP contribution < -0.4 is 5.43 Å². The Labute approximate surface area is 122 Å². The lowest BCUT2D eigenvalue weighted by molar-refractivity contribution is -0.120. The van der Waals surface area contributed by atoms with Gasteiger partial charge in [-0.05, 0) is 26.3 Å². The highest BCUT2D eigenvalue weighted by Gasteiger charge is 2.06. The van der Waals surface area contributed by atoms with Crippen LogP contribution >= 0.6 is 11.3 Å². The molecule has 0 fully saturated rings. The number of hydrogen-bond donors (Lipinski definition) is 1. The number of nitrogens with zero attached hydrogens (tertiary/aromatic N) is 2. The number of aromatic nitrogens is 1. The summed E-state index contributed by atoms with van der Waals surface area (Å²) in [6.07, 6.45) is 0.259. The summed E-state index contributed by atoms with van der Waals surface area (Å²) in [5, 5.41) is 6.98. The van der Waals surface area contributed by atoms with Crippen LogP contribution in [0, 0.1) is 13.8 Å². The molecule has 0 saturated carbocycles. The number of thiazole rings is 1. The molecule has 0 radical (unpaired) electrons. The van der Waals surface area contributed by atoms with Crippen LogP contribution in [0.3, 0.4) is 0 Å². The van der Waals surface area contributed by atoms with Gasteiger partial charge in [0.05, 0.1) is 22.8 Å². The smallest absolute Gasteiger partial charge is 0.246 e. The number of hydrogen-bond acceptors (Lipinski definition) is 4. The summed E-state index contributed by atoms with van der Waals surface area (Å²) in [5.41, 5.74) is 6.34. The van der Waals surface area contributed by atoms with E-state index < -0.39 is 0 Å². The molecule has 2 aromatic rings. The van der Waals surface area contributed by atoms with Crippen molar-refractivity contribution in [3.8, 4) is 0 Å². The monoisotopic (exact) mass is 287 g/mol. The lowest BCUT2D eigenvalue weighted by atomic mass is 10.1. The van der Waals surface area contributed by atoms with Crippen molar-refractivity contribution >= 4 is 23.0 Å². The first-order valence-electron chi connectivity index (χ1n) is 6.36. The molecule has 0 spiro atoms. The van der Waals surface area contributed by atoms with E-state index >= 15 is 0 Å². The second-order valence-corrected chi connectivity index (χ2v) is 5.70. The van der Waals surface area contributed by atoms with Gasteiger partial charge >= 0.3 is 0 Å². The molecule has 4 nitrogen and oxygen atoms in total. The van der Waals surface area contributed by atoms with E-state index in [2.05, 4.69) is 15.5 Å². The minimum Gasteiger partial charge on any atom is -0.273 e. The molecule has 0 unspecified atom stereocenters. The zero-order valence-electron chi connectivity index (χ0n) is 11.8. The Morgan fingerprint density at radius 1 is 1.30 bits per heavy atom. The van der Waals surface area contributed by atoms with E-state index in [-0.39, 0.29) is 12.3 Å². The topological polar surface area (TPSA) is 54.4 Å². The minimum absolute atomic E-state index is 0.151. The number of carbonyl (C=O) groups is 1. The van der Waals surface area contributed by atoms with Crippen LogP contribution in [0.1, 0.15) is 28.8 Å². The largest absolute Gasteiger partial charge is 0.273 e. The molecular weight excluding hydrogens is 270 g/mol. The molecule has 0 atom stereocenters. The van der Waals surface area contributed by atoms with E-state index in [1.54, 1.807) is 11.3 Å². The van der Waals surface area contributed by atoms with E-state index in [0.29, 0.717) is 0 Å². The van der Waals surface area contributed by atoms with Crippen molar-refractivity contribution in [3.05, 3.63) is 51.5 Å². The summed E-state index contributed by atoms with van der Waals surface area (Å²) in [6.45, 7) is 5.83. The summed E-state index contributed by atoms with van der Waals surface area (Å²) in [5.74, 6) is -0.151. The van der Waals surface area contributed by atoms with Gasteiger partial charge in [0.1, 0.15) is 0 Å². The van der Waals surface area contributed by atoms with Gasteiger partial charge in [-0.1, -0.05) is 29.8 Å². The van der Waals surface area contributed by atoms with E-state index in [1.165, 1.54) is 5.56 Å². The number of nitrogens with one attached hydrogen (secondary N) is 1. The highest BCUT2D eigenvalue weighted by atomic mass is 32.1. The van der Waals surface area contributed by atoms with Crippen LogP contribution in [-0.4, -0.2) is 16.6 Å². The summed E-state index contributed by atoms with van der Waals surface area (Å²) in [7, 11) is 0. The summed E-state index contributed by atoms with van der Waals surface area (Å²) < 4.78 is 0. The summed E-state index contributed by atoms with van der Waals surface area (Å²) in [4.78, 5) is 16.0. The van der Waals surface area contributed by atoms with Gasteiger partial charge in [0.25, 0.3) is 0 Å². The fourth-order valence-corrected chi connectivity index (χ4v) is 2.31. The summed E-state index contributed by atoms with van der Waals surface area (Å²) >= 11 is 1.54. The van der Waals surface area contributed by atoms with Crippen LogP contribution in [0.15, 0.2) is 34.7 Å². The Hall–Kier alpha value is -2.01. The van der Waals surface area contributed by atoms with Crippen molar-refractivity contribution in [2.75, 3.05) is 0 Å². The summed E-state index contributed by atoms with van der Waals surface area (Å²) in [6, 6.07) is 8.02. The first-order valence-corrected chi connectivity index (χ1v) is 7.24. The lowest BCUT2D eigenvalue weighted by Gasteiger charge is -2.02. The molecule has 2 rings (SSSR count). The molecule has 0 aliphatic rings. The first kappa shape index (κ1) is 14.4. The van der Waals surface area contributed by atoms with Gasteiger partial charge in [-0.3, -0.25) is 4.79 Å². The lowest BCUT2D eigenvalue weighted by Crippen LogP contribution is -2.21. The fourth-order valence-electron chi connectivity index (χ4n) is 1.70. The van der Waals surface area contributed by atoms with Gasteiger partial charge in [0.2, 0.25) is 5.91 Å². The Bertz CT molecular complexity index is 629. The van der Waals surface area contributed by atoms with E-state index in [4.69, 9.17) is 0 Å². The molecule has 0 saturated heterocycles. The average molecular weight is 287 g/mol. The van der Waals surface area contributed by atoms with Gasteiger partial charge in [-0.15, -0.1) is 11.3 Å². The van der Waals surface area contributed by atoms with Crippen LogP contribution in [0.25, 0.3) is 0 Å². The van der Waals surface area contributed by atoms with Crippen molar-refractivity contribution in [2.45, 2.75) is 27.2 Å². The van der Waals surface area contributed by atoms with Crippen LogP contribution in [0.5, 0.6) is 0 Å². The number of benzene rings is 1. The first-order chi connectivity index (χ1) is 9.54. The number of rotatable bonds is 4. The highest BCUT2D eigenvalue weighted by molar-refractivity contribution is 7.09. The average Bonchev–Trinajstić information content (AvgIpc) is 2.82. The molecular formula is C15H17N3OS. The third-order valence-corrected chi connectivity index (χ3v) is 3.65. The number of amides is 1. The molecule has 1 aromatic carbocycles. The SMILES string of the molecule is C/C(=N\NC(=O)Cc1csc(C)n1)c1ccc(C)cc1. The van der Waals surface area contributed by atoms with E-state index in [1.807, 2.05) is 50.4 Å². The van der Waals surface area contributed by atoms with Gasteiger partial charge in [-0.25, -0.2) is 10.4 Å². The molecule has 1 aromatic heterocycles. The molecule has 1 heterocycles. The number of aryl methyl sites for hydroxylation is 2. The minimum atomic E-state index is -0.151. The molecule has 1 amide bonds. The van der Waals surface area contributed by atoms with Crippen molar-refractivity contribution in [3.63, 3.8) is 0 Å². The predicted octanol–water partition coefficient (Wildman–Crippen LogP) is 2.84. The van der Waals surface area contributed by atoms with Crippen molar-refractivity contribution < 1.29 is 4.79 Å². The second kappa shape index (κ2) is 6.43. The molecule has 5 heteroatoms. The standard InChI is InChI=1S/C15H17N3OS/c1-10-4-6-13(7-5-10)11(2)17-18-15(19)8-14-9-20-12(3)16-14/h4-7,9H,8H2,1-3H3,(H,18,19)/b17-11+. The van der Waals surface area contributed by atoms with Gasteiger partial charge in [-0.2, -0.15) is 5.10 Å². The number of carbonyl (C=O) groups excluding carboxylic acids is 1. The third kappa shape index (κ3) is 3.99. The molecule has 0 aliphatic carbocycles. The third-order valence-electron chi connectivity index (χ3n) is 2.83. The van der Waals surface area contributed by atoms with E-state index in [0.717, 1.165) is 22.0 Å². The van der Waals surface area contributed by atoms with Crippen LogP contribution in [0.2, 0.25) is 0 Å². The maximum atomic E-state index is 11.8. The Morgan fingerprint density at radius 3 is 2.60 bits per heavy atom. The van der Waals surface area contributed by atoms with Gasteiger partial charge in [0, 0.05) is 5.38 Å². The molecule has 0 bridgehead atoms. The second-order valence-electron chi connectivity index (χ2n) is 4.63. The van der Waals surface area contributed by atoms with Crippen molar-refractivity contribution in [1.29, 1.82) is 0 Å². The molecule has 1 N–H and O–H groups in total. The maximum absolute atomic E-state index is 11.8. The zero-order chi connectivity index (χ0) is 14.5. The Morgan fingerprint density at radius 2 is 2.00 bits per heavy atom. The highest BCUT2D eigenvalue weighted by Crippen LogP contribution is 2.08. The molecule has 20 heavy (non-hydrogen) atoms. The predicted molar refractivity (Wildman–Crippen MR) is 82.1 cm³/mol. The molecule has 104 valence electrons. The Balaban J connectivity index is 1.94. The van der Waals surface area contributed by atoms with Crippen molar-refractivity contribution in [1.82, 2.24) is 10.4 Å². The normalized spacial score (nSPS) is 11.4. The zero-order valence-corrected chi connectivity index (χ0v) is 12.6. The van der Waals surface area contributed by atoms with Crippen LogP contribution in [-0.2, 0) is 11.2 Å². The Kier molecular flexibility index (Phi) is 4.63. The maximum Gasteiger partial charge on any atom is 0.246 e. The quantitative estimate of drug-likeness (QED) is 0.694. The molecule has 0 aliphatic heterocycles. The van der Waals surface area contributed by atoms with E-state index in [9.17, 15) is 4.79 Å². The van der Waals surface area contributed by atoms with Crippen LogP contribution in [0.4, 0.5) is 0 Å². The van der Waals surface area contributed by atoms with Gasteiger partial charge < -0.3 is 0 Å². The fraction of sp³-hybridized carbons (Fsp3) is 0.267. The van der Waals surface area contributed by atoms with Gasteiger partial charge in [0.15, 0.2) is 0 Å². The number of hydrazone groups is 1.